The average molecular weight is 425 g/mol. The van der Waals surface area contributed by atoms with Crippen molar-refractivity contribution in [3.8, 4) is 0 Å². The standard InChI is InChI=1S/C23H36O7/c1-4-13(2)23(29)30-19-12-18(25)22(28)16-11-17(24)14(3)15(21(16)19)9-7-5-6-8-10-20(26)27/h11,13-15,18-19,21,24-25,28H,4-10,12H2,1-3H3,(H,26,27)/t13?,14-,15+,18-,19-,21+/m0/s1. The van der Waals surface area contributed by atoms with Crippen LogP contribution in [0.2, 0.25) is 0 Å². The van der Waals surface area contributed by atoms with Crippen LogP contribution in [0.15, 0.2) is 23.2 Å². The number of aliphatic hydroxyl groups is 3. The van der Waals surface area contributed by atoms with Crippen molar-refractivity contribution in [2.24, 2.45) is 23.7 Å². The fourth-order valence-electron chi connectivity index (χ4n) is 4.53. The van der Waals surface area contributed by atoms with Crippen LogP contribution in [-0.4, -0.2) is 44.6 Å². The third-order valence-electron chi connectivity index (χ3n) is 6.66. The minimum absolute atomic E-state index is 0.0474. The number of carbonyl (C=O) groups excluding carboxylic acids is 1. The third-order valence-corrected chi connectivity index (χ3v) is 6.66. The fourth-order valence-corrected chi connectivity index (χ4v) is 4.53. The van der Waals surface area contributed by atoms with Crippen molar-refractivity contribution in [2.45, 2.75) is 84.3 Å². The number of esters is 1. The highest BCUT2D eigenvalue weighted by atomic mass is 16.5. The molecule has 4 N–H and O–H groups in total. The Morgan fingerprint density at radius 1 is 1.20 bits per heavy atom. The molecule has 0 spiro atoms. The molecule has 7 nitrogen and oxygen atoms in total. The molecule has 7 heteroatoms. The second-order valence-electron chi connectivity index (χ2n) is 8.77. The fraction of sp³-hybridized carbons (Fsp3) is 0.739. The number of aliphatic carboxylic acids is 1. The molecule has 0 bridgehead atoms. The van der Waals surface area contributed by atoms with Gasteiger partial charge < -0.3 is 25.2 Å². The van der Waals surface area contributed by atoms with Crippen LogP contribution >= 0.6 is 0 Å². The Morgan fingerprint density at radius 2 is 1.87 bits per heavy atom. The van der Waals surface area contributed by atoms with Crippen molar-refractivity contribution in [1.29, 1.82) is 0 Å². The average Bonchev–Trinajstić information content (AvgIpc) is 2.70. The first-order valence-electron chi connectivity index (χ1n) is 11.1. The Balaban J connectivity index is 2.17. The Kier molecular flexibility index (Phi) is 8.77. The molecule has 0 aromatic heterocycles. The Labute approximate surface area is 178 Å². The summed E-state index contributed by atoms with van der Waals surface area (Å²) in [5.41, 5.74) is 0.460. The van der Waals surface area contributed by atoms with E-state index in [-0.39, 0.29) is 54.0 Å². The van der Waals surface area contributed by atoms with E-state index in [0.717, 1.165) is 25.7 Å². The maximum absolute atomic E-state index is 12.4. The lowest BCUT2D eigenvalue weighted by Gasteiger charge is -2.44. The van der Waals surface area contributed by atoms with E-state index in [2.05, 4.69) is 0 Å². The Morgan fingerprint density at radius 3 is 2.50 bits per heavy atom. The SMILES string of the molecule is CCC(C)C(=O)O[C@H]1C[C@H](O)C(O)=C2C=C(O)[C@@H](C)[C@@H](CCCCCCC(=O)O)[C@H]21. The molecule has 0 saturated carbocycles. The monoisotopic (exact) mass is 424 g/mol. The molecule has 0 radical (unpaired) electrons. The number of ether oxygens (including phenoxy) is 1. The van der Waals surface area contributed by atoms with Gasteiger partial charge in [-0.1, -0.05) is 40.0 Å². The summed E-state index contributed by atoms with van der Waals surface area (Å²) in [5.74, 6) is -1.84. The Hall–Kier alpha value is -2.02. The quantitative estimate of drug-likeness (QED) is 0.305. The first-order chi connectivity index (χ1) is 14.2. The topological polar surface area (TPSA) is 124 Å². The summed E-state index contributed by atoms with van der Waals surface area (Å²) in [6.07, 6.45) is 4.72. The van der Waals surface area contributed by atoms with E-state index < -0.39 is 18.2 Å². The number of rotatable bonds is 10. The number of unbranched alkanes of at least 4 members (excludes halogenated alkanes) is 3. The third kappa shape index (κ3) is 5.78. The number of carboxylic acid groups (broad SMARTS) is 1. The zero-order valence-corrected chi connectivity index (χ0v) is 18.2. The van der Waals surface area contributed by atoms with Gasteiger partial charge in [0.2, 0.25) is 0 Å². The van der Waals surface area contributed by atoms with Crippen molar-refractivity contribution >= 4 is 11.9 Å². The van der Waals surface area contributed by atoms with Crippen molar-refractivity contribution in [2.75, 3.05) is 0 Å². The summed E-state index contributed by atoms with van der Waals surface area (Å²) in [5, 5.41) is 40.0. The van der Waals surface area contributed by atoms with E-state index in [1.807, 2.05) is 13.8 Å². The second kappa shape index (κ2) is 10.8. The zero-order valence-electron chi connectivity index (χ0n) is 18.2. The number of hydrogen-bond donors (Lipinski definition) is 4. The first kappa shape index (κ1) is 24.3. The van der Waals surface area contributed by atoms with Gasteiger partial charge in [0.15, 0.2) is 0 Å². The molecule has 0 aromatic carbocycles. The summed E-state index contributed by atoms with van der Waals surface area (Å²) in [4.78, 5) is 23.1. The van der Waals surface area contributed by atoms with Gasteiger partial charge in [0, 0.05) is 30.3 Å². The van der Waals surface area contributed by atoms with Gasteiger partial charge in [-0.25, -0.2) is 0 Å². The van der Waals surface area contributed by atoms with Crippen LogP contribution in [0.5, 0.6) is 0 Å². The van der Waals surface area contributed by atoms with E-state index in [1.165, 1.54) is 6.08 Å². The number of allylic oxidation sites excluding steroid dienone is 2. The molecule has 1 unspecified atom stereocenters. The van der Waals surface area contributed by atoms with Crippen LogP contribution in [0.4, 0.5) is 0 Å². The lowest BCUT2D eigenvalue weighted by molar-refractivity contribution is -0.160. The van der Waals surface area contributed by atoms with E-state index in [1.54, 1.807) is 6.92 Å². The van der Waals surface area contributed by atoms with Gasteiger partial charge in [-0.15, -0.1) is 0 Å². The molecular weight excluding hydrogens is 388 g/mol. The van der Waals surface area contributed by atoms with Gasteiger partial charge in [0.25, 0.3) is 0 Å². The number of hydrogen-bond acceptors (Lipinski definition) is 6. The van der Waals surface area contributed by atoms with E-state index in [0.29, 0.717) is 18.4 Å². The van der Waals surface area contributed by atoms with Gasteiger partial charge in [-0.3, -0.25) is 9.59 Å². The normalized spacial score (nSPS) is 29.7. The minimum atomic E-state index is -1.12. The summed E-state index contributed by atoms with van der Waals surface area (Å²) in [7, 11) is 0. The smallest absolute Gasteiger partial charge is 0.308 e. The van der Waals surface area contributed by atoms with E-state index in [4.69, 9.17) is 9.84 Å². The number of fused-ring (bicyclic) bond motifs is 1. The highest BCUT2D eigenvalue weighted by Crippen LogP contribution is 2.47. The van der Waals surface area contributed by atoms with Crippen LogP contribution in [0.3, 0.4) is 0 Å². The zero-order chi connectivity index (χ0) is 22.4. The summed E-state index contributed by atoms with van der Waals surface area (Å²) in [6, 6.07) is 0. The van der Waals surface area contributed by atoms with Crippen molar-refractivity contribution < 1.29 is 34.8 Å². The predicted molar refractivity (Wildman–Crippen MR) is 112 cm³/mol. The molecule has 0 amide bonds. The molecule has 170 valence electrons. The molecule has 2 aliphatic carbocycles. The highest BCUT2D eigenvalue weighted by molar-refractivity contribution is 5.72. The van der Waals surface area contributed by atoms with Gasteiger partial charge in [-0.2, -0.15) is 0 Å². The summed E-state index contributed by atoms with van der Waals surface area (Å²) >= 11 is 0. The second-order valence-corrected chi connectivity index (χ2v) is 8.77. The van der Waals surface area contributed by atoms with Crippen LogP contribution < -0.4 is 0 Å². The first-order valence-corrected chi connectivity index (χ1v) is 11.1. The van der Waals surface area contributed by atoms with Crippen LogP contribution in [0.25, 0.3) is 0 Å². The number of carboxylic acids is 1. The molecule has 6 atom stereocenters. The van der Waals surface area contributed by atoms with Gasteiger partial charge in [0.05, 0.1) is 11.7 Å². The lowest BCUT2D eigenvalue weighted by atomic mass is 9.65. The predicted octanol–water partition coefficient (Wildman–Crippen LogP) is 4.27. The molecule has 2 aliphatic rings. The molecule has 0 saturated heterocycles. The van der Waals surface area contributed by atoms with Gasteiger partial charge >= 0.3 is 11.9 Å². The molecule has 0 aromatic rings. The Bertz CT molecular complexity index is 681. The summed E-state index contributed by atoms with van der Waals surface area (Å²) in [6.45, 7) is 5.64. The van der Waals surface area contributed by atoms with Crippen LogP contribution in [0, 0.1) is 23.7 Å². The molecule has 0 heterocycles. The largest absolute Gasteiger partial charge is 0.512 e. The maximum Gasteiger partial charge on any atom is 0.308 e. The molecule has 0 aliphatic heterocycles. The number of carbonyl (C=O) groups is 2. The van der Waals surface area contributed by atoms with Gasteiger partial charge in [0.1, 0.15) is 18.0 Å². The van der Waals surface area contributed by atoms with E-state index in [9.17, 15) is 24.9 Å². The van der Waals surface area contributed by atoms with Gasteiger partial charge in [-0.05, 0) is 31.3 Å². The molecule has 0 fully saturated rings. The molecule has 2 rings (SSSR count). The maximum atomic E-state index is 12.4. The van der Waals surface area contributed by atoms with Crippen LogP contribution in [0.1, 0.15) is 72.1 Å². The highest BCUT2D eigenvalue weighted by Gasteiger charge is 2.46. The van der Waals surface area contributed by atoms with Crippen molar-refractivity contribution in [1.82, 2.24) is 0 Å². The molecular formula is C23H36O7. The minimum Gasteiger partial charge on any atom is -0.512 e. The lowest BCUT2D eigenvalue weighted by Crippen LogP contribution is -2.45. The van der Waals surface area contributed by atoms with Crippen molar-refractivity contribution in [3.63, 3.8) is 0 Å². The number of aliphatic hydroxyl groups excluding tert-OH is 3. The van der Waals surface area contributed by atoms with E-state index >= 15 is 0 Å². The summed E-state index contributed by atoms with van der Waals surface area (Å²) < 4.78 is 5.80. The van der Waals surface area contributed by atoms with Crippen LogP contribution in [-0.2, 0) is 14.3 Å². The molecule has 30 heavy (non-hydrogen) atoms. The van der Waals surface area contributed by atoms with Crippen molar-refractivity contribution in [3.05, 3.63) is 23.2 Å².